The Kier molecular flexibility index (Phi) is 7.62. The lowest BCUT2D eigenvalue weighted by atomic mass is 10.3. The Bertz CT molecular complexity index is 349. The summed E-state index contributed by atoms with van der Waals surface area (Å²) in [6, 6.07) is 9.30. The molecule has 1 amide bonds. The number of nitrogens with zero attached hydrogens (tertiary/aromatic N) is 1. The van der Waals surface area contributed by atoms with Gasteiger partial charge in [0.2, 0.25) is 0 Å². The minimum absolute atomic E-state index is 0.0400. The van der Waals surface area contributed by atoms with Crippen LogP contribution < -0.4 is 10.5 Å². The first-order valence-electron chi connectivity index (χ1n) is 6.42. The molecule has 0 saturated heterocycles. The SMILES string of the molecule is COCCN(CCCN)C(=O)COc1ccccc1. The van der Waals surface area contributed by atoms with Gasteiger partial charge in [-0.05, 0) is 25.1 Å². The third-order valence-electron chi connectivity index (χ3n) is 2.66. The number of ether oxygens (including phenoxy) is 2. The third-order valence-corrected chi connectivity index (χ3v) is 2.66. The normalized spacial score (nSPS) is 10.2. The van der Waals surface area contributed by atoms with Gasteiger partial charge in [0.1, 0.15) is 5.75 Å². The average Bonchev–Trinajstić information content (AvgIpc) is 2.46. The van der Waals surface area contributed by atoms with E-state index in [-0.39, 0.29) is 12.5 Å². The first-order chi connectivity index (χ1) is 9.27. The molecule has 0 aliphatic heterocycles. The summed E-state index contributed by atoms with van der Waals surface area (Å²) >= 11 is 0. The predicted molar refractivity (Wildman–Crippen MR) is 74.1 cm³/mol. The van der Waals surface area contributed by atoms with Crippen LogP contribution in [-0.2, 0) is 9.53 Å². The molecule has 0 atom stereocenters. The van der Waals surface area contributed by atoms with E-state index in [9.17, 15) is 4.79 Å². The maximum Gasteiger partial charge on any atom is 0.260 e. The molecule has 1 aromatic carbocycles. The molecule has 5 nitrogen and oxygen atoms in total. The summed E-state index contributed by atoms with van der Waals surface area (Å²) in [6.45, 7) is 2.32. The Morgan fingerprint density at radius 1 is 1.26 bits per heavy atom. The molecule has 0 radical (unpaired) electrons. The van der Waals surface area contributed by atoms with E-state index in [0.717, 1.165) is 6.42 Å². The fraction of sp³-hybridized carbons (Fsp3) is 0.500. The van der Waals surface area contributed by atoms with Crippen LogP contribution in [0.5, 0.6) is 5.75 Å². The number of hydrogen-bond donors (Lipinski definition) is 1. The molecule has 0 heterocycles. The Labute approximate surface area is 114 Å². The monoisotopic (exact) mass is 266 g/mol. The van der Waals surface area contributed by atoms with Crippen LogP contribution in [0.1, 0.15) is 6.42 Å². The maximum atomic E-state index is 12.0. The van der Waals surface area contributed by atoms with Crippen LogP contribution in [0.25, 0.3) is 0 Å². The fourth-order valence-electron chi connectivity index (χ4n) is 1.60. The summed E-state index contributed by atoms with van der Waals surface area (Å²) in [5, 5.41) is 0. The molecule has 1 rings (SSSR count). The lowest BCUT2D eigenvalue weighted by molar-refractivity contribution is -0.134. The summed E-state index contributed by atoms with van der Waals surface area (Å²) in [6.07, 6.45) is 0.779. The van der Waals surface area contributed by atoms with E-state index in [1.165, 1.54) is 0 Å². The van der Waals surface area contributed by atoms with Crippen molar-refractivity contribution >= 4 is 5.91 Å². The average molecular weight is 266 g/mol. The number of amides is 1. The van der Waals surface area contributed by atoms with Crippen molar-refractivity contribution in [1.82, 2.24) is 4.90 Å². The van der Waals surface area contributed by atoms with Crippen LogP contribution >= 0.6 is 0 Å². The van der Waals surface area contributed by atoms with Crippen molar-refractivity contribution in [3.63, 3.8) is 0 Å². The number of carbonyl (C=O) groups is 1. The molecular weight excluding hydrogens is 244 g/mol. The van der Waals surface area contributed by atoms with Crippen LogP contribution in [0, 0.1) is 0 Å². The Morgan fingerprint density at radius 2 is 2.00 bits per heavy atom. The first kappa shape index (κ1) is 15.5. The van der Waals surface area contributed by atoms with Crippen LogP contribution in [0.3, 0.4) is 0 Å². The van der Waals surface area contributed by atoms with Gasteiger partial charge in [0.05, 0.1) is 6.61 Å². The molecule has 0 aromatic heterocycles. The minimum Gasteiger partial charge on any atom is -0.484 e. The van der Waals surface area contributed by atoms with Crippen molar-refractivity contribution in [1.29, 1.82) is 0 Å². The van der Waals surface area contributed by atoms with Gasteiger partial charge in [-0.15, -0.1) is 0 Å². The van der Waals surface area contributed by atoms with E-state index >= 15 is 0 Å². The van der Waals surface area contributed by atoms with Gasteiger partial charge in [-0.3, -0.25) is 4.79 Å². The zero-order valence-corrected chi connectivity index (χ0v) is 11.4. The van der Waals surface area contributed by atoms with Gasteiger partial charge in [-0.2, -0.15) is 0 Å². The zero-order chi connectivity index (χ0) is 13.9. The Balaban J connectivity index is 2.41. The lowest BCUT2D eigenvalue weighted by Crippen LogP contribution is -2.38. The quantitative estimate of drug-likeness (QED) is 0.721. The molecule has 0 aliphatic carbocycles. The van der Waals surface area contributed by atoms with Crippen LogP contribution in [-0.4, -0.2) is 50.8 Å². The maximum absolute atomic E-state index is 12.0. The van der Waals surface area contributed by atoms with Gasteiger partial charge in [-0.1, -0.05) is 18.2 Å². The Hall–Kier alpha value is -1.59. The molecule has 0 aliphatic rings. The molecule has 0 spiro atoms. The number of benzene rings is 1. The van der Waals surface area contributed by atoms with Crippen molar-refractivity contribution < 1.29 is 14.3 Å². The molecule has 19 heavy (non-hydrogen) atoms. The highest BCUT2D eigenvalue weighted by atomic mass is 16.5. The summed E-state index contributed by atoms with van der Waals surface area (Å²) < 4.78 is 10.4. The number of rotatable bonds is 9. The molecule has 0 bridgehead atoms. The number of hydrogen-bond acceptors (Lipinski definition) is 4. The van der Waals surface area contributed by atoms with E-state index in [1.54, 1.807) is 12.0 Å². The second-order valence-electron chi connectivity index (χ2n) is 4.12. The van der Waals surface area contributed by atoms with Gasteiger partial charge in [0, 0.05) is 20.2 Å². The van der Waals surface area contributed by atoms with E-state index in [2.05, 4.69) is 0 Å². The van der Waals surface area contributed by atoms with Crippen LogP contribution in [0.15, 0.2) is 30.3 Å². The lowest BCUT2D eigenvalue weighted by Gasteiger charge is -2.22. The molecule has 0 fully saturated rings. The standard InChI is InChI=1S/C14H22N2O3/c1-18-11-10-16(9-5-8-15)14(17)12-19-13-6-3-2-4-7-13/h2-4,6-7H,5,8-12,15H2,1H3. The van der Waals surface area contributed by atoms with Gasteiger partial charge in [-0.25, -0.2) is 0 Å². The minimum atomic E-state index is -0.0469. The number of para-hydroxylation sites is 1. The summed E-state index contributed by atoms with van der Waals surface area (Å²) in [5.41, 5.74) is 5.47. The highest BCUT2D eigenvalue weighted by Crippen LogP contribution is 2.08. The first-order valence-corrected chi connectivity index (χ1v) is 6.42. The van der Waals surface area contributed by atoms with E-state index < -0.39 is 0 Å². The van der Waals surface area contributed by atoms with Crippen molar-refractivity contribution in [3.05, 3.63) is 30.3 Å². The van der Waals surface area contributed by atoms with Crippen molar-refractivity contribution in [3.8, 4) is 5.75 Å². The zero-order valence-electron chi connectivity index (χ0n) is 11.4. The largest absolute Gasteiger partial charge is 0.484 e. The number of nitrogens with two attached hydrogens (primary N) is 1. The van der Waals surface area contributed by atoms with E-state index in [4.69, 9.17) is 15.2 Å². The third kappa shape index (κ3) is 6.22. The van der Waals surface area contributed by atoms with Gasteiger partial charge in [0.15, 0.2) is 6.61 Å². The van der Waals surface area contributed by atoms with E-state index in [0.29, 0.717) is 32.0 Å². The molecule has 106 valence electrons. The Morgan fingerprint density at radius 3 is 2.63 bits per heavy atom. The highest BCUT2D eigenvalue weighted by molar-refractivity contribution is 5.77. The van der Waals surface area contributed by atoms with Crippen LogP contribution in [0.2, 0.25) is 0 Å². The van der Waals surface area contributed by atoms with Crippen LogP contribution in [0.4, 0.5) is 0 Å². The highest BCUT2D eigenvalue weighted by Gasteiger charge is 2.13. The molecular formula is C14H22N2O3. The predicted octanol–water partition coefficient (Wildman–Crippen LogP) is 0.889. The second kappa shape index (κ2) is 9.35. The fourth-order valence-corrected chi connectivity index (χ4v) is 1.60. The molecule has 2 N–H and O–H groups in total. The molecule has 0 unspecified atom stereocenters. The van der Waals surface area contributed by atoms with Crippen molar-refractivity contribution in [2.45, 2.75) is 6.42 Å². The summed E-state index contributed by atoms with van der Waals surface area (Å²) in [5.74, 6) is 0.649. The van der Waals surface area contributed by atoms with E-state index in [1.807, 2.05) is 30.3 Å². The topological polar surface area (TPSA) is 64.8 Å². The molecule has 1 aromatic rings. The number of carbonyl (C=O) groups excluding carboxylic acids is 1. The second-order valence-corrected chi connectivity index (χ2v) is 4.12. The van der Waals surface area contributed by atoms with Crippen molar-refractivity contribution in [2.24, 2.45) is 5.73 Å². The van der Waals surface area contributed by atoms with Gasteiger partial charge < -0.3 is 20.1 Å². The molecule has 5 heteroatoms. The summed E-state index contributed by atoms with van der Waals surface area (Å²) in [7, 11) is 1.62. The van der Waals surface area contributed by atoms with Gasteiger partial charge >= 0.3 is 0 Å². The van der Waals surface area contributed by atoms with Crippen molar-refractivity contribution in [2.75, 3.05) is 40.0 Å². The van der Waals surface area contributed by atoms with Gasteiger partial charge in [0.25, 0.3) is 5.91 Å². The summed E-state index contributed by atoms with van der Waals surface area (Å²) in [4.78, 5) is 13.8. The number of methoxy groups -OCH3 is 1. The molecule has 0 saturated carbocycles. The smallest absolute Gasteiger partial charge is 0.260 e.